The molecule has 1 heterocycles. The Kier molecular flexibility index (Phi) is 8.49. The van der Waals surface area contributed by atoms with Crippen LogP contribution in [0.4, 0.5) is 0 Å². The molecule has 0 aromatic heterocycles. The van der Waals surface area contributed by atoms with E-state index in [0.717, 1.165) is 54.9 Å². The molecule has 1 aliphatic rings. The second-order valence-corrected chi connectivity index (χ2v) is 9.95. The lowest BCUT2D eigenvalue weighted by molar-refractivity contribution is -0.127. The molecule has 1 fully saturated rings. The monoisotopic (exact) mass is 476 g/mol. The molecular formula is C26H34Cl2N2O2. The summed E-state index contributed by atoms with van der Waals surface area (Å²) in [5.74, 6) is 1.46. The Balaban J connectivity index is 1.57. The Hall–Kier alpha value is -1.75. The summed E-state index contributed by atoms with van der Waals surface area (Å²) in [5.41, 5.74) is 4.60. The summed E-state index contributed by atoms with van der Waals surface area (Å²) in [5, 5.41) is 4.42. The number of likely N-dealkylation sites (tertiary alicyclic amines) is 1. The molecule has 1 aliphatic heterocycles. The zero-order chi connectivity index (χ0) is 23.4. The summed E-state index contributed by atoms with van der Waals surface area (Å²) in [7, 11) is 1.71. The van der Waals surface area contributed by atoms with Crippen LogP contribution in [0.15, 0.2) is 30.3 Å². The predicted molar refractivity (Wildman–Crippen MR) is 133 cm³/mol. The maximum atomic E-state index is 13.0. The maximum Gasteiger partial charge on any atom is 0.223 e. The second-order valence-electron chi connectivity index (χ2n) is 9.13. The zero-order valence-corrected chi connectivity index (χ0v) is 21.2. The summed E-state index contributed by atoms with van der Waals surface area (Å²) < 4.78 is 5.56. The van der Waals surface area contributed by atoms with Crippen molar-refractivity contribution in [1.82, 2.24) is 10.2 Å². The highest BCUT2D eigenvalue weighted by molar-refractivity contribution is 6.42. The number of nitrogens with zero attached hydrogens (tertiary/aromatic N) is 1. The van der Waals surface area contributed by atoms with Crippen LogP contribution >= 0.6 is 23.2 Å². The lowest BCUT2D eigenvalue weighted by Gasteiger charge is -2.32. The van der Waals surface area contributed by atoms with Crippen molar-refractivity contribution in [2.24, 2.45) is 5.92 Å². The maximum absolute atomic E-state index is 13.0. The first-order chi connectivity index (χ1) is 15.2. The van der Waals surface area contributed by atoms with Crippen molar-refractivity contribution in [3.63, 3.8) is 0 Å². The summed E-state index contributed by atoms with van der Waals surface area (Å²) in [6.07, 6.45) is 1.72. The highest BCUT2D eigenvalue weighted by Crippen LogP contribution is 2.32. The van der Waals surface area contributed by atoms with Crippen LogP contribution in [0, 0.1) is 12.8 Å². The summed E-state index contributed by atoms with van der Waals surface area (Å²) in [6.45, 7) is 11.1. The third-order valence-electron chi connectivity index (χ3n) is 6.41. The third kappa shape index (κ3) is 5.98. The van der Waals surface area contributed by atoms with Crippen LogP contribution in [0.2, 0.25) is 10.0 Å². The Morgan fingerprint density at radius 1 is 1.09 bits per heavy atom. The molecule has 2 aromatic rings. The van der Waals surface area contributed by atoms with Crippen molar-refractivity contribution < 1.29 is 9.53 Å². The average Bonchev–Trinajstić information content (AvgIpc) is 2.76. The smallest absolute Gasteiger partial charge is 0.223 e. The van der Waals surface area contributed by atoms with E-state index in [0.29, 0.717) is 16.0 Å². The number of halogens is 2. The molecule has 0 saturated carbocycles. The van der Waals surface area contributed by atoms with Crippen molar-refractivity contribution in [2.75, 3.05) is 20.2 Å². The highest BCUT2D eigenvalue weighted by atomic mass is 35.5. The van der Waals surface area contributed by atoms with Crippen molar-refractivity contribution >= 4 is 29.1 Å². The highest BCUT2D eigenvalue weighted by Gasteiger charge is 2.26. The molecule has 0 radical (unpaired) electrons. The van der Waals surface area contributed by atoms with E-state index in [1.54, 1.807) is 7.11 Å². The van der Waals surface area contributed by atoms with Gasteiger partial charge < -0.3 is 10.1 Å². The van der Waals surface area contributed by atoms with Gasteiger partial charge in [-0.15, -0.1) is 0 Å². The molecule has 1 atom stereocenters. The molecule has 0 spiro atoms. The molecule has 1 unspecified atom stereocenters. The molecule has 6 heteroatoms. The molecule has 174 valence electrons. The van der Waals surface area contributed by atoms with Gasteiger partial charge in [-0.2, -0.15) is 0 Å². The number of hydrogen-bond acceptors (Lipinski definition) is 3. The van der Waals surface area contributed by atoms with Gasteiger partial charge >= 0.3 is 0 Å². The SMILES string of the molecule is COc1cc(C)c(C(C)NC(=O)C2CCN(Cc3ccc(Cl)c(Cl)c3)CC2)cc1C(C)C. The molecule has 1 N–H and O–H groups in total. The molecule has 1 saturated heterocycles. The molecule has 0 bridgehead atoms. The number of carbonyl (C=O) groups excluding carboxylic acids is 1. The van der Waals surface area contributed by atoms with Gasteiger partial charge in [0, 0.05) is 12.5 Å². The van der Waals surface area contributed by atoms with Crippen LogP contribution in [0.1, 0.15) is 67.8 Å². The number of ether oxygens (including phenoxy) is 1. The van der Waals surface area contributed by atoms with E-state index in [-0.39, 0.29) is 17.9 Å². The zero-order valence-electron chi connectivity index (χ0n) is 19.7. The van der Waals surface area contributed by atoms with Crippen LogP contribution in [0.5, 0.6) is 5.75 Å². The van der Waals surface area contributed by atoms with Gasteiger partial charge in [-0.05, 0) is 92.2 Å². The molecule has 0 aliphatic carbocycles. The van der Waals surface area contributed by atoms with Crippen molar-refractivity contribution in [3.05, 3.63) is 62.6 Å². The summed E-state index contributed by atoms with van der Waals surface area (Å²) in [4.78, 5) is 15.4. The van der Waals surface area contributed by atoms with Gasteiger partial charge in [-0.3, -0.25) is 9.69 Å². The Morgan fingerprint density at radius 3 is 2.38 bits per heavy atom. The number of nitrogens with one attached hydrogen (secondary N) is 1. The summed E-state index contributed by atoms with van der Waals surface area (Å²) in [6, 6.07) is 10.00. The standard InChI is InChI=1S/C26H34Cl2N2O2/c1-16(2)21-14-22(17(3)12-25(21)32-5)18(4)29-26(31)20-8-10-30(11-9-20)15-19-6-7-23(27)24(28)13-19/h6-7,12-14,16,18,20H,8-11,15H2,1-5H3,(H,29,31). The Labute approximate surface area is 202 Å². The van der Waals surface area contributed by atoms with Crippen LogP contribution in [0.25, 0.3) is 0 Å². The predicted octanol–water partition coefficient (Wildman–Crippen LogP) is 6.52. The molecular weight excluding hydrogens is 443 g/mol. The van der Waals surface area contributed by atoms with Crippen molar-refractivity contribution in [2.45, 2.75) is 59.0 Å². The lowest BCUT2D eigenvalue weighted by atomic mass is 9.92. The fraction of sp³-hybridized carbons (Fsp3) is 0.500. The van der Waals surface area contributed by atoms with Gasteiger partial charge in [0.25, 0.3) is 0 Å². The number of carbonyl (C=O) groups is 1. The van der Waals surface area contributed by atoms with E-state index >= 15 is 0 Å². The topological polar surface area (TPSA) is 41.6 Å². The van der Waals surface area contributed by atoms with Gasteiger partial charge in [-0.25, -0.2) is 0 Å². The first-order valence-electron chi connectivity index (χ1n) is 11.3. The minimum absolute atomic E-state index is 0.0415. The van der Waals surface area contributed by atoms with E-state index in [9.17, 15) is 4.79 Å². The fourth-order valence-corrected chi connectivity index (χ4v) is 4.79. The van der Waals surface area contributed by atoms with Gasteiger partial charge in [0.1, 0.15) is 5.75 Å². The van der Waals surface area contributed by atoms with E-state index in [1.807, 2.05) is 18.2 Å². The van der Waals surface area contributed by atoms with Crippen molar-refractivity contribution in [3.8, 4) is 5.75 Å². The Morgan fingerprint density at radius 2 is 1.78 bits per heavy atom. The first-order valence-corrected chi connectivity index (χ1v) is 12.1. The minimum Gasteiger partial charge on any atom is -0.496 e. The number of hydrogen-bond donors (Lipinski definition) is 1. The molecule has 4 nitrogen and oxygen atoms in total. The quantitative estimate of drug-likeness (QED) is 0.494. The minimum atomic E-state index is -0.0415. The van der Waals surface area contributed by atoms with Gasteiger partial charge in [0.2, 0.25) is 5.91 Å². The number of benzene rings is 2. The van der Waals surface area contributed by atoms with Crippen LogP contribution in [0.3, 0.4) is 0 Å². The van der Waals surface area contributed by atoms with Gasteiger partial charge in [0.05, 0.1) is 23.2 Å². The number of piperidine rings is 1. The van der Waals surface area contributed by atoms with Crippen LogP contribution < -0.4 is 10.1 Å². The molecule has 1 amide bonds. The second kappa shape index (κ2) is 10.9. The lowest BCUT2D eigenvalue weighted by Crippen LogP contribution is -2.41. The van der Waals surface area contributed by atoms with Crippen molar-refractivity contribution in [1.29, 1.82) is 0 Å². The first kappa shape index (κ1) is 24.9. The summed E-state index contributed by atoms with van der Waals surface area (Å²) >= 11 is 12.2. The van der Waals surface area contributed by atoms with E-state index < -0.39 is 0 Å². The number of rotatable bonds is 7. The normalized spacial score (nSPS) is 16.2. The Bertz CT molecular complexity index is 953. The van der Waals surface area contributed by atoms with Crippen LogP contribution in [-0.2, 0) is 11.3 Å². The molecule has 3 rings (SSSR count). The number of methoxy groups -OCH3 is 1. The van der Waals surface area contributed by atoms with E-state index in [4.69, 9.17) is 27.9 Å². The fourth-order valence-electron chi connectivity index (χ4n) is 4.47. The number of aryl methyl sites for hydroxylation is 1. The van der Waals surface area contributed by atoms with E-state index in [1.165, 1.54) is 5.56 Å². The van der Waals surface area contributed by atoms with Gasteiger partial charge in [-0.1, -0.05) is 43.1 Å². The number of amides is 1. The van der Waals surface area contributed by atoms with E-state index in [2.05, 4.69) is 50.0 Å². The molecule has 2 aromatic carbocycles. The van der Waals surface area contributed by atoms with Gasteiger partial charge in [0.15, 0.2) is 0 Å². The largest absolute Gasteiger partial charge is 0.496 e. The average molecular weight is 477 g/mol. The molecule has 32 heavy (non-hydrogen) atoms. The van der Waals surface area contributed by atoms with Crippen LogP contribution in [-0.4, -0.2) is 31.0 Å². The third-order valence-corrected chi connectivity index (χ3v) is 7.15.